The van der Waals surface area contributed by atoms with E-state index in [4.69, 9.17) is 4.42 Å². The number of hydrogen-bond acceptors (Lipinski definition) is 4. The van der Waals surface area contributed by atoms with Crippen LogP contribution >= 0.6 is 0 Å². The van der Waals surface area contributed by atoms with Gasteiger partial charge in [0, 0.05) is 17.3 Å². The van der Waals surface area contributed by atoms with E-state index in [1.54, 1.807) is 30.5 Å². The quantitative estimate of drug-likeness (QED) is 0.713. The molecule has 1 saturated carbocycles. The minimum absolute atomic E-state index is 0.0464. The lowest BCUT2D eigenvalue weighted by molar-refractivity contribution is -0.115. The molecule has 1 aromatic heterocycles. The maximum Gasteiger partial charge on any atom is 0.251 e. The van der Waals surface area contributed by atoms with Crippen molar-refractivity contribution in [1.29, 1.82) is 0 Å². The molecule has 0 bridgehead atoms. The van der Waals surface area contributed by atoms with Gasteiger partial charge in [0.05, 0.1) is 19.4 Å². The zero-order chi connectivity index (χ0) is 18.2. The summed E-state index contributed by atoms with van der Waals surface area (Å²) in [6.07, 6.45) is 7.35. The average molecular weight is 355 g/mol. The second kappa shape index (κ2) is 9.20. The van der Waals surface area contributed by atoms with Crippen LogP contribution < -0.4 is 16.0 Å². The summed E-state index contributed by atoms with van der Waals surface area (Å²) >= 11 is 0. The zero-order valence-corrected chi connectivity index (χ0v) is 14.8. The Kier molecular flexibility index (Phi) is 6.44. The molecular formula is C20H25N3O3. The topological polar surface area (TPSA) is 83.4 Å². The molecule has 0 saturated heterocycles. The highest BCUT2D eigenvalue weighted by molar-refractivity contribution is 5.96. The van der Waals surface area contributed by atoms with E-state index in [1.807, 2.05) is 12.1 Å². The number of benzene rings is 1. The normalized spacial score (nSPS) is 14.8. The summed E-state index contributed by atoms with van der Waals surface area (Å²) in [7, 11) is 0. The van der Waals surface area contributed by atoms with Crippen LogP contribution in [0.15, 0.2) is 47.1 Å². The smallest absolute Gasteiger partial charge is 0.251 e. The van der Waals surface area contributed by atoms with E-state index in [1.165, 1.54) is 19.3 Å². The first-order valence-electron chi connectivity index (χ1n) is 9.14. The molecule has 0 unspecified atom stereocenters. The minimum Gasteiger partial charge on any atom is -0.468 e. The summed E-state index contributed by atoms with van der Waals surface area (Å²) in [5.74, 6) is 0.594. The molecule has 0 spiro atoms. The van der Waals surface area contributed by atoms with Gasteiger partial charge in [-0.2, -0.15) is 0 Å². The van der Waals surface area contributed by atoms with Gasteiger partial charge in [-0.3, -0.25) is 9.59 Å². The Bertz CT molecular complexity index is 704. The molecule has 1 heterocycles. The Morgan fingerprint density at radius 1 is 1.04 bits per heavy atom. The van der Waals surface area contributed by atoms with Crippen molar-refractivity contribution in [3.8, 4) is 0 Å². The van der Waals surface area contributed by atoms with Crippen molar-refractivity contribution in [2.75, 3.05) is 11.9 Å². The van der Waals surface area contributed by atoms with Gasteiger partial charge in [-0.25, -0.2) is 0 Å². The summed E-state index contributed by atoms with van der Waals surface area (Å²) in [5, 5.41) is 8.91. The van der Waals surface area contributed by atoms with E-state index >= 15 is 0 Å². The first-order valence-corrected chi connectivity index (χ1v) is 9.14. The molecule has 3 N–H and O–H groups in total. The van der Waals surface area contributed by atoms with Crippen molar-refractivity contribution in [3.05, 3.63) is 54.0 Å². The van der Waals surface area contributed by atoms with Crippen molar-refractivity contribution in [1.82, 2.24) is 10.6 Å². The van der Waals surface area contributed by atoms with Gasteiger partial charge >= 0.3 is 0 Å². The summed E-state index contributed by atoms with van der Waals surface area (Å²) in [6, 6.07) is 10.9. The fraction of sp³-hybridized carbons (Fsp3) is 0.400. The van der Waals surface area contributed by atoms with E-state index in [9.17, 15) is 9.59 Å². The second-order valence-electron chi connectivity index (χ2n) is 6.62. The monoisotopic (exact) mass is 355 g/mol. The van der Waals surface area contributed by atoms with Crippen molar-refractivity contribution in [3.63, 3.8) is 0 Å². The lowest BCUT2D eigenvalue weighted by Gasteiger charge is -2.22. The lowest BCUT2D eigenvalue weighted by Crippen LogP contribution is -2.36. The molecular weight excluding hydrogens is 330 g/mol. The number of rotatable bonds is 7. The average Bonchev–Trinajstić information content (AvgIpc) is 3.16. The van der Waals surface area contributed by atoms with E-state index in [0.717, 1.165) is 18.6 Å². The maximum absolute atomic E-state index is 12.3. The van der Waals surface area contributed by atoms with Crippen LogP contribution in [-0.2, 0) is 11.3 Å². The molecule has 6 nitrogen and oxygen atoms in total. The molecule has 6 heteroatoms. The van der Waals surface area contributed by atoms with Gasteiger partial charge in [0.1, 0.15) is 5.76 Å². The number of furan rings is 1. The predicted molar refractivity (Wildman–Crippen MR) is 99.8 cm³/mol. The molecule has 1 aromatic carbocycles. The molecule has 0 aliphatic heterocycles. The first-order chi connectivity index (χ1) is 12.7. The Hall–Kier alpha value is -2.60. The fourth-order valence-electron chi connectivity index (χ4n) is 3.14. The molecule has 0 atom stereocenters. The second-order valence-corrected chi connectivity index (χ2v) is 6.62. The van der Waals surface area contributed by atoms with Crippen molar-refractivity contribution in [2.45, 2.75) is 44.7 Å². The SMILES string of the molecule is O=C(CNCc1ccco1)Nc1ccc(C(=O)NC2CCCCC2)cc1. The van der Waals surface area contributed by atoms with Crippen LogP contribution in [0.25, 0.3) is 0 Å². The van der Waals surface area contributed by atoms with Crippen LogP contribution in [0.4, 0.5) is 5.69 Å². The Labute approximate surface area is 153 Å². The summed E-state index contributed by atoms with van der Waals surface area (Å²) in [5.41, 5.74) is 1.29. The summed E-state index contributed by atoms with van der Waals surface area (Å²) in [6.45, 7) is 0.686. The molecule has 0 radical (unpaired) electrons. The molecule has 1 aliphatic carbocycles. The number of amides is 2. The largest absolute Gasteiger partial charge is 0.468 e. The minimum atomic E-state index is -0.143. The van der Waals surface area contributed by atoms with Crippen LogP contribution in [0.1, 0.15) is 48.2 Å². The first kappa shape index (κ1) is 18.2. The summed E-state index contributed by atoms with van der Waals surface area (Å²) in [4.78, 5) is 24.2. The maximum atomic E-state index is 12.3. The third kappa shape index (κ3) is 5.46. The Balaban J connectivity index is 1.42. The van der Waals surface area contributed by atoms with Gasteiger partial charge in [-0.15, -0.1) is 0 Å². The predicted octanol–water partition coefficient (Wildman–Crippen LogP) is 3.07. The molecule has 138 valence electrons. The highest BCUT2D eigenvalue weighted by Gasteiger charge is 2.16. The number of carbonyl (C=O) groups excluding carboxylic acids is 2. The van der Waals surface area contributed by atoms with Gasteiger partial charge in [0.15, 0.2) is 0 Å². The zero-order valence-electron chi connectivity index (χ0n) is 14.8. The molecule has 1 fully saturated rings. The van der Waals surface area contributed by atoms with Crippen LogP contribution in [0.2, 0.25) is 0 Å². The van der Waals surface area contributed by atoms with Crippen molar-refractivity contribution >= 4 is 17.5 Å². The molecule has 2 aromatic rings. The van der Waals surface area contributed by atoms with Crippen molar-refractivity contribution < 1.29 is 14.0 Å². The van der Waals surface area contributed by atoms with Gasteiger partial charge in [0.2, 0.25) is 5.91 Å². The van der Waals surface area contributed by atoms with Crippen LogP contribution in [0.3, 0.4) is 0 Å². The van der Waals surface area contributed by atoms with E-state index < -0.39 is 0 Å². The number of anilines is 1. The fourth-order valence-corrected chi connectivity index (χ4v) is 3.14. The third-order valence-electron chi connectivity index (χ3n) is 4.54. The molecule has 26 heavy (non-hydrogen) atoms. The Morgan fingerprint density at radius 2 is 1.81 bits per heavy atom. The van der Waals surface area contributed by atoms with E-state index in [2.05, 4.69) is 16.0 Å². The molecule has 1 aliphatic rings. The lowest BCUT2D eigenvalue weighted by atomic mass is 9.95. The van der Waals surface area contributed by atoms with Crippen molar-refractivity contribution in [2.24, 2.45) is 0 Å². The Morgan fingerprint density at radius 3 is 2.50 bits per heavy atom. The van der Waals surface area contributed by atoms with Gasteiger partial charge in [-0.1, -0.05) is 19.3 Å². The molecule has 2 amide bonds. The third-order valence-corrected chi connectivity index (χ3v) is 4.54. The van der Waals surface area contributed by atoms with Crippen LogP contribution in [-0.4, -0.2) is 24.4 Å². The number of hydrogen-bond donors (Lipinski definition) is 3. The van der Waals surface area contributed by atoms with Gasteiger partial charge in [0.25, 0.3) is 5.91 Å². The number of nitrogens with one attached hydrogen (secondary N) is 3. The molecule has 3 rings (SSSR count). The van der Waals surface area contributed by atoms with Crippen LogP contribution in [0.5, 0.6) is 0 Å². The highest BCUT2D eigenvalue weighted by atomic mass is 16.3. The highest BCUT2D eigenvalue weighted by Crippen LogP contribution is 2.18. The van der Waals surface area contributed by atoms with Gasteiger partial charge < -0.3 is 20.4 Å². The standard InChI is InChI=1S/C20H25N3O3/c24-19(14-21-13-18-7-4-12-26-18)22-17-10-8-15(9-11-17)20(25)23-16-5-2-1-3-6-16/h4,7-12,16,21H,1-3,5-6,13-14H2,(H,22,24)(H,23,25). The van der Waals surface area contributed by atoms with Crippen LogP contribution in [0, 0.1) is 0 Å². The van der Waals surface area contributed by atoms with E-state index in [-0.39, 0.29) is 24.4 Å². The van der Waals surface area contributed by atoms with Gasteiger partial charge in [-0.05, 0) is 49.2 Å². The van der Waals surface area contributed by atoms with E-state index in [0.29, 0.717) is 17.8 Å². The number of carbonyl (C=O) groups is 2. The summed E-state index contributed by atoms with van der Waals surface area (Å²) < 4.78 is 5.19.